The second kappa shape index (κ2) is 26.3. The monoisotopic (exact) mass is 834 g/mol. The molecule has 4 aromatic carbocycles. The van der Waals surface area contributed by atoms with E-state index < -0.39 is 51.9 Å². The van der Waals surface area contributed by atoms with Crippen LogP contribution in [0.25, 0.3) is 0 Å². The second-order valence-corrected chi connectivity index (χ2v) is 13.1. The maximum atomic E-state index is 12.1. The van der Waals surface area contributed by atoms with E-state index in [1.165, 1.54) is 36.4 Å². The van der Waals surface area contributed by atoms with Crippen molar-refractivity contribution < 1.29 is 165 Å². The van der Waals surface area contributed by atoms with Gasteiger partial charge >= 0.3 is 124 Å². The molecule has 0 saturated carbocycles. The minimum absolute atomic E-state index is 0. The van der Waals surface area contributed by atoms with Crippen LogP contribution in [-0.4, -0.2) is 50.8 Å². The molecule has 0 fully saturated rings. The van der Waals surface area contributed by atoms with Crippen molar-refractivity contribution in [1.29, 1.82) is 0 Å². The van der Waals surface area contributed by atoms with Gasteiger partial charge < -0.3 is 20.9 Å². The van der Waals surface area contributed by atoms with Gasteiger partial charge in [0.1, 0.15) is 17.5 Å². The number of carbonyl (C=O) groups is 3. The number of aromatic hydroxyl groups is 1. The Labute approximate surface area is 389 Å². The predicted octanol–water partition coefficient (Wildman–Crippen LogP) is -1.29. The molecule has 0 bridgehead atoms. The van der Waals surface area contributed by atoms with Crippen LogP contribution in [0.1, 0.15) is 40.7 Å². The number of aldehydes is 2. The van der Waals surface area contributed by atoms with Gasteiger partial charge in [-0.05, 0) is 62.4 Å². The average Bonchev–Trinajstić information content (AvgIpc) is 3.05. The Morgan fingerprint density at radius 2 is 1.10 bits per heavy atom. The number of hydrogen-bond acceptors (Lipinski definition) is 15. The Morgan fingerprint density at radius 1 is 0.712 bits per heavy atom. The maximum absolute atomic E-state index is 12.1. The molecule has 0 heterocycles. The van der Waals surface area contributed by atoms with Crippen molar-refractivity contribution in [3.8, 4) is 11.5 Å². The van der Waals surface area contributed by atoms with Crippen LogP contribution >= 0.6 is 10.7 Å². The molecule has 52 heavy (non-hydrogen) atoms. The van der Waals surface area contributed by atoms with Gasteiger partial charge in [-0.3, -0.25) is 34.6 Å². The first-order valence-corrected chi connectivity index (χ1v) is 16.5. The van der Waals surface area contributed by atoms with Crippen LogP contribution < -0.4 is 112 Å². The predicted molar refractivity (Wildman–Crippen MR) is 177 cm³/mol. The average molecular weight is 835 g/mol. The van der Waals surface area contributed by atoms with Crippen LogP contribution in [0.4, 0.5) is 11.4 Å². The van der Waals surface area contributed by atoms with E-state index >= 15 is 0 Å². The van der Waals surface area contributed by atoms with Gasteiger partial charge in [0.25, 0.3) is 15.5 Å². The molecule has 0 saturated heterocycles. The number of nitrogens with zero attached hydrogens (tertiary/aromatic N) is 2. The van der Waals surface area contributed by atoms with Gasteiger partial charge in [0, 0.05) is 33.9 Å². The van der Waals surface area contributed by atoms with Crippen LogP contribution in [0.5, 0.6) is 11.5 Å². The summed E-state index contributed by atoms with van der Waals surface area (Å²) in [6.07, 6.45) is 0.900. The minimum atomic E-state index is -4.20. The maximum Gasteiger partial charge on any atom is 1.00 e. The Balaban J connectivity index is -0.000000333. The molecule has 0 spiro atoms. The molecule has 0 radical (unpaired) electrons. The van der Waals surface area contributed by atoms with E-state index in [9.17, 15) is 46.7 Å². The van der Waals surface area contributed by atoms with Crippen LogP contribution in [-0.2, 0) is 28.9 Å². The van der Waals surface area contributed by atoms with E-state index in [4.69, 9.17) is 30.0 Å². The fourth-order valence-corrected chi connectivity index (χ4v) is 4.87. The molecule has 4 aromatic rings. The number of nitro benzene ring substituents is 2. The summed E-state index contributed by atoms with van der Waals surface area (Å²) in [5.74, 6) is -0.887. The third-order valence-corrected chi connectivity index (χ3v) is 8.12. The summed E-state index contributed by atoms with van der Waals surface area (Å²) in [4.78, 5) is 51.7. The zero-order valence-corrected chi connectivity index (χ0v) is 35.7. The molecule has 0 amide bonds. The Morgan fingerprint density at radius 3 is 1.46 bits per heavy atom. The van der Waals surface area contributed by atoms with Crippen LogP contribution in [0.15, 0.2) is 94.7 Å². The van der Waals surface area contributed by atoms with Crippen molar-refractivity contribution in [3.63, 3.8) is 0 Å². The molecule has 270 valence electrons. The van der Waals surface area contributed by atoms with E-state index in [2.05, 4.69) is 4.89 Å². The zero-order valence-electron chi connectivity index (χ0n) is 28.1. The Hall–Kier alpha value is -2.49. The molecule has 0 aliphatic rings. The first-order chi connectivity index (χ1) is 22.9. The fraction of sp³-hybridized carbons (Fsp3) is 0.100. The zero-order chi connectivity index (χ0) is 37.4. The second-order valence-electron chi connectivity index (χ2n) is 9.02. The topological polar surface area (TPSA) is 268 Å². The molecule has 0 atom stereocenters. The summed E-state index contributed by atoms with van der Waals surface area (Å²) in [5.41, 5.74) is 1.03. The molecule has 4 rings (SSSR count). The summed E-state index contributed by atoms with van der Waals surface area (Å²) in [5, 5.41) is 38.6. The number of aryl methyl sites for hydroxylation is 2. The SMILES string of the molecule is C.Cc1ccc(S(=O)(=O)Cl)cc1.Cc1ccc(S(=O)(=O)Oc2ccc(C=O)cc2[N+](=O)[O-])cc1.O=CO[O-].O=Cc1ccc(O)c([N+](=O)[O-])c1.[H-].[K+].[K+]. The Kier molecular flexibility index (Phi) is 27.3. The van der Waals surface area contributed by atoms with Crippen molar-refractivity contribution in [2.24, 2.45) is 0 Å². The minimum Gasteiger partial charge on any atom is -1.00 e. The van der Waals surface area contributed by atoms with Gasteiger partial charge in [-0.15, -0.1) is 0 Å². The first kappa shape index (κ1) is 53.9. The van der Waals surface area contributed by atoms with E-state index in [0.29, 0.717) is 12.6 Å². The largest absolute Gasteiger partial charge is 1.00 e. The summed E-state index contributed by atoms with van der Waals surface area (Å²) < 4.78 is 50.5. The number of benzene rings is 4. The third kappa shape index (κ3) is 19.0. The summed E-state index contributed by atoms with van der Waals surface area (Å²) in [6, 6.07) is 18.9. The standard InChI is InChI=1S/C14H11NO6S.C7H7ClO2S.C7H5NO4.CH2O3.CH4.2K.H/c1-10-2-5-12(6-3-10)22(19,20)21-14-7-4-11(9-16)8-13(14)15(17)18;1-6-2-4-7(5-3-6)11(8,9)10;9-4-5-1-2-7(10)6(3-5)8(11)12;2-1-4-3;;;;/h2-9H,1H3;2-5H,1H3;1-4,10H;1,3H;1H4;;;/q;;;;;2*+1;-1/p-1. The molecule has 0 aromatic heterocycles. The van der Waals surface area contributed by atoms with Gasteiger partial charge in [0.15, 0.2) is 5.75 Å². The van der Waals surface area contributed by atoms with Crippen molar-refractivity contribution in [2.75, 3.05) is 0 Å². The third-order valence-electron chi connectivity index (χ3n) is 5.50. The molecule has 0 aliphatic heterocycles. The summed E-state index contributed by atoms with van der Waals surface area (Å²) >= 11 is 0. The van der Waals surface area contributed by atoms with Crippen LogP contribution in [0, 0.1) is 34.1 Å². The van der Waals surface area contributed by atoms with E-state index in [0.717, 1.165) is 35.4 Å². The first-order valence-electron chi connectivity index (χ1n) is 12.8. The van der Waals surface area contributed by atoms with Crippen LogP contribution in [0.3, 0.4) is 0 Å². The van der Waals surface area contributed by atoms with E-state index in [-0.39, 0.29) is 139 Å². The Bertz CT molecular complexity index is 2020. The molecule has 0 unspecified atom stereocenters. The van der Waals surface area contributed by atoms with Gasteiger partial charge in [-0.1, -0.05) is 42.8 Å². The van der Waals surface area contributed by atoms with Gasteiger partial charge in [0.2, 0.25) is 5.75 Å². The van der Waals surface area contributed by atoms with Gasteiger partial charge in [-0.25, -0.2) is 8.42 Å². The smallest absolute Gasteiger partial charge is 1.00 e. The number of hydrogen-bond donors (Lipinski definition) is 1. The van der Waals surface area contributed by atoms with E-state index in [1.807, 2.05) is 6.92 Å². The summed E-state index contributed by atoms with van der Waals surface area (Å²) in [6.45, 7) is 3.49. The molecule has 22 heteroatoms. The number of phenolic OH excluding ortho intramolecular Hbond substituents is 1. The van der Waals surface area contributed by atoms with Crippen molar-refractivity contribution >= 4 is 60.3 Å². The number of phenols is 1. The number of nitro groups is 2. The normalized spacial score (nSPS) is 9.62. The molecule has 0 aliphatic carbocycles. The quantitative estimate of drug-likeness (QED) is 0.0391. The fourth-order valence-electron chi connectivity index (χ4n) is 3.15. The van der Waals surface area contributed by atoms with Crippen LogP contribution in [0.2, 0.25) is 0 Å². The molecular weight excluding hydrogens is 806 g/mol. The molecule has 17 nitrogen and oxygen atoms in total. The van der Waals surface area contributed by atoms with Gasteiger partial charge in [0.05, 0.1) is 14.7 Å². The molecule has 1 N–H and O–H groups in total. The van der Waals surface area contributed by atoms with E-state index in [1.54, 1.807) is 31.2 Å². The van der Waals surface area contributed by atoms with Gasteiger partial charge in [-0.2, -0.15) is 8.42 Å². The molecular formula is C30H29ClK2N2O15S2. The van der Waals surface area contributed by atoms with Crippen molar-refractivity contribution in [2.45, 2.75) is 31.1 Å². The number of carbonyl (C=O) groups excluding carboxylic acids is 3. The van der Waals surface area contributed by atoms with Crippen molar-refractivity contribution in [3.05, 3.63) is 127 Å². The van der Waals surface area contributed by atoms with Crippen molar-refractivity contribution in [1.82, 2.24) is 0 Å². The summed E-state index contributed by atoms with van der Waals surface area (Å²) in [7, 11) is -2.66. The number of halogens is 1. The number of rotatable bonds is 9.